The molecule has 0 fully saturated rings. The zero-order valence-electron chi connectivity index (χ0n) is 22.0. The number of pyridine rings is 2. The van der Waals surface area contributed by atoms with Crippen LogP contribution in [0.1, 0.15) is 48.3 Å². The standard InChI is InChI=1S/C28H39N7O2/c1-21-20-22(2)35(33-21)19-18-34(17-13-25(28(36)37)32-26-10-3-5-14-29-26)16-6-4-9-24-12-11-23-8-7-15-30-27(23)31-24/h3,5,10-12,14,20,25H,4,6-9,13,15-19H2,1-2H3,(H,29,32)(H,30,31)(H,36,37)/t25-/m0/s1. The minimum Gasteiger partial charge on any atom is -0.480 e. The molecule has 0 unspecified atom stereocenters. The van der Waals surface area contributed by atoms with Crippen LogP contribution in [0.5, 0.6) is 0 Å². The second kappa shape index (κ2) is 13.2. The lowest BCUT2D eigenvalue weighted by Gasteiger charge is -2.25. The van der Waals surface area contributed by atoms with Gasteiger partial charge in [0, 0.05) is 37.2 Å². The number of aryl methyl sites for hydroxylation is 4. The molecule has 37 heavy (non-hydrogen) atoms. The second-order valence-corrected chi connectivity index (χ2v) is 9.83. The average Bonchev–Trinajstić information content (AvgIpc) is 3.23. The maximum atomic E-state index is 11.9. The van der Waals surface area contributed by atoms with Crippen molar-refractivity contribution < 1.29 is 9.90 Å². The predicted molar refractivity (Wildman–Crippen MR) is 146 cm³/mol. The first kappa shape index (κ1) is 26.6. The van der Waals surface area contributed by atoms with E-state index in [1.54, 1.807) is 12.3 Å². The molecule has 1 atom stereocenters. The number of rotatable bonds is 14. The van der Waals surface area contributed by atoms with E-state index < -0.39 is 12.0 Å². The van der Waals surface area contributed by atoms with Crippen molar-refractivity contribution >= 4 is 17.6 Å². The van der Waals surface area contributed by atoms with E-state index in [1.807, 2.05) is 23.7 Å². The number of fused-ring (bicyclic) bond motifs is 1. The Morgan fingerprint density at radius 1 is 1.19 bits per heavy atom. The smallest absolute Gasteiger partial charge is 0.326 e. The molecule has 4 rings (SSSR count). The van der Waals surface area contributed by atoms with Crippen molar-refractivity contribution in [1.82, 2.24) is 24.6 Å². The molecule has 3 aromatic heterocycles. The van der Waals surface area contributed by atoms with E-state index in [2.05, 4.69) is 50.7 Å². The highest BCUT2D eigenvalue weighted by molar-refractivity contribution is 5.76. The Balaban J connectivity index is 1.32. The Bertz CT molecular complexity index is 1150. The molecule has 0 spiro atoms. The molecule has 0 amide bonds. The summed E-state index contributed by atoms with van der Waals surface area (Å²) in [5.74, 6) is 0.766. The van der Waals surface area contributed by atoms with Gasteiger partial charge in [0.15, 0.2) is 0 Å². The maximum absolute atomic E-state index is 11.9. The van der Waals surface area contributed by atoms with Crippen molar-refractivity contribution in [2.24, 2.45) is 0 Å². The van der Waals surface area contributed by atoms with E-state index in [9.17, 15) is 9.90 Å². The molecule has 1 aliphatic rings. The monoisotopic (exact) mass is 505 g/mol. The van der Waals surface area contributed by atoms with E-state index in [4.69, 9.17) is 4.98 Å². The third kappa shape index (κ3) is 8.01. The van der Waals surface area contributed by atoms with Crippen LogP contribution in [0.25, 0.3) is 0 Å². The molecular weight excluding hydrogens is 466 g/mol. The molecule has 198 valence electrons. The first-order valence-electron chi connectivity index (χ1n) is 13.3. The molecule has 0 bridgehead atoms. The van der Waals surface area contributed by atoms with Crippen molar-refractivity contribution in [1.29, 1.82) is 0 Å². The van der Waals surface area contributed by atoms with Gasteiger partial charge in [-0.1, -0.05) is 12.1 Å². The summed E-state index contributed by atoms with van der Waals surface area (Å²) in [6.45, 7) is 8.26. The van der Waals surface area contributed by atoms with Gasteiger partial charge in [0.25, 0.3) is 0 Å². The predicted octanol–water partition coefficient (Wildman–Crippen LogP) is 3.93. The van der Waals surface area contributed by atoms with Gasteiger partial charge < -0.3 is 20.6 Å². The van der Waals surface area contributed by atoms with Crippen molar-refractivity contribution in [2.45, 2.75) is 65.0 Å². The number of anilines is 2. The fourth-order valence-corrected chi connectivity index (χ4v) is 4.82. The highest BCUT2D eigenvalue weighted by atomic mass is 16.4. The van der Waals surface area contributed by atoms with Gasteiger partial charge in [-0.2, -0.15) is 5.10 Å². The number of hydrogen-bond acceptors (Lipinski definition) is 7. The highest BCUT2D eigenvalue weighted by Crippen LogP contribution is 2.20. The average molecular weight is 506 g/mol. The zero-order chi connectivity index (χ0) is 26.0. The van der Waals surface area contributed by atoms with Crippen LogP contribution in [0.4, 0.5) is 11.6 Å². The van der Waals surface area contributed by atoms with E-state index in [0.717, 1.165) is 74.8 Å². The van der Waals surface area contributed by atoms with Crippen LogP contribution in [-0.2, 0) is 24.2 Å². The minimum atomic E-state index is -0.865. The summed E-state index contributed by atoms with van der Waals surface area (Å²) >= 11 is 0. The summed E-state index contributed by atoms with van der Waals surface area (Å²) < 4.78 is 2.03. The lowest BCUT2D eigenvalue weighted by atomic mass is 10.1. The van der Waals surface area contributed by atoms with Crippen molar-refractivity contribution in [3.05, 3.63) is 65.2 Å². The Labute approximate surface area is 219 Å². The molecule has 9 heteroatoms. The number of carboxylic acids is 1. The highest BCUT2D eigenvalue weighted by Gasteiger charge is 2.19. The molecule has 0 aliphatic carbocycles. The number of carbonyl (C=O) groups is 1. The molecule has 4 heterocycles. The van der Waals surface area contributed by atoms with Crippen LogP contribution in [0, 0.1) is 13.8 Å². The van der Waals surface area contributed by atoms with Crippen LogP contribution in [0.3, 0.4) is 0 Å². The molecule has 0 saturated carbocycles. The number of nitrogens with zero attached hydrogens (tertiary/aromatic N) is 5. The van der Waals surface area contributed by atoms with Crippen LogP contribution >= 0.6 is 0 Å². The zero-order valence-corrected chi connectivity index (χ0v) is 22.0. The van der Waals surface area contributed by atoms with Crippen molar-refractivity contribution in [3.8, 4) is 0 Å². The third-order valence-electron chi connectivity index (χ3n) is 6.86. The summed E-state index contributed by atoms with van der Waals surface area (Å²) in [7, 11) is 0. The van der Waals surface area contributed by atoms with Gasteiger partial charge in [0.1, 0.15) is 17.7 Å². The van der Waals surface area contributed by atoms with Gasteiger partial charge in [-0.25, -0.2) is 14.8 Å². The lowest BCUT2D eigenvalue weighted by molar-refractivity contribution is -0.138. The molecule has 1 aliphatic heterocycles. The van der Waals surface area contributed by atoms with Crippen molar-refractivity contribution in [2.75, 3.05) is 36.8 Å². The molecule has 0 aromatic carbocycles. The van der Waals surface area contributed by atoms with Gasteiger partial charge in [0.05, 0.1) is 12.2 Å². The second-order valence-electron chi connectivity index (χ2n) is 9.83. The van der Waals surface area contributed by atoms with Gasteiger partial charge in [-0.05, 0) is 88.7 Å². The Kier molecular flexibility index (Phi) is 9.48. The van der Waals surface area contributed by atoms with Crippen LogP contribution in [-0.4, -0.2) is 67.9 Å². The van der Waals surface area contributed by atoms with Crippen LogP contribution < -0.4 is 10.6 Å². The maximum Gasteiger partial charge on any atom is 0.326 e. The largest absolute Gasteiger partial charge is 0.480 e. The summed E-state index contributed by atoms with van der Waals surface area (Å²) in [5.41, 5.74) is 4.61. The van der Waals surface area contributed by atoms with Crippen LogP contribution in [0.2, 0.25) is 0 Å². The van der Waals surface area contributed by atoms with Crippen molar-refractivity contribution in [3.63, 3.8) is 0 Å². The molecule has 9 nitrogen and oxygen atoms in total. The molecular formula is C28H39N7O2. The number of carboxylic acid groups (broad SMARTS) is 1. The van der Waals surface area contributed by atoms with Crippen LogP contribution in [0.15, 0.2) is 42.6 Å². The topological polar surface area (TPSA) is 108 Å². The number of nitrogens with one attached hydrogen (secondary N) is 2. The van der Waals surface area contributed by atoms with E-state index in [1.165, 1.54) is 12.0 Å². The van der Waals surface area contributed by atoms with Gasteiger partial charge >= 0.3 is 5.97 Å². The summed E-state index contributed by atoms with van der Waals surface area (Å²) in [6.07, 6.45) is 7.43. The first-order chi connectivity index (χ1) is 18.0. The summed E-state index contributed by atoms with van der Waals surface area (Å²) in [6, 6.07) is 11.2. The number of aromatic nitrogens is 4. The Hall–Kier alpha value is -3.46. The minimum absolute atomic E-state index is 0.487. The lowest BCUT2D eigenvalue weighted by Crippen LogP contribution is -2.37. The van der Waals surface area contributed by atoms with E-state index in [0.29, 0.717) is 18.8 Å². The fraction of sp³-hybridized carbons (Fsp3) is 0.500. The van der Waals surface area contributed by atoms with E-state index >= 15 is 0 Å². The van der Waals surface area contributed by atoms with Gasteiger partial charge in [-0.15, -0.1) is 0 Å². The van der Waals surface area contributed by atoms with E-state index in [-0.39, 0.29) is 0 Å². The fourth-order valence-electron chi connectivity index (χ4n) is 4.82. The molecule has 0 radical (unpaired) electrons. The molecule has 0 saturated heterocycles. The number of aliphatic carboxylic acids is 1. The Morgan fingerprint density at radius 3 is 2.84 bits per heavy atom. The third-order valence-corrected chi connectivity index (χ3v) is 6.86. The van der Waals surface area contributed by atoms with Gasteiger partial charge in [-0.3, -0.25) is 4.68 Å². The summed E-state index contributed by atoms with van der Waals surface area (Å²) in [4.78, 5) is 23.3. The quantitative estimate of drug-likeness (QED) is 0.283. The molecule has 3 aromatic rings. The molecule has 3 N–H and O–H groups in total. The first-order valence-corrected chi connectivity index (χ1v) is 13.3. The summed E-state index contributed by atoms with van der Waals surface area (Å²) in [5, 5.41) is 20.9. The number of hydrogen-bond donors (Lipinski definition) is 3. The Morgan fingerprint density at radius 2 is 2.08 bits per heavy atom. The number of unbranched alkanes of at least 4 members (excludes halogenated alkanes) is 1. The van der Waals surface area contributed by atoms with Gasteiger partial charge in [0.2, 0.25) is 0 Å². The SMILES string of the molecule is Cc1cc(C)n(CCN(CCCCc2ccc3c(n2)NCCC3)CC[C@H](Nc2ccccn2)C(=O)O)n1. The normalized spacial score (nSPS) is 13.7.